The number of esters is 1. The van der Waals surface area contributed by atoms with Gasteiger partial charge in [0, 0.05) is 23.6 Å². The van der Waals surface area contributed by atoms with Gasteiger partial charge in [-0.3, -0.25) is 9.59 Å². The summed E-state index contributed by atoms with van der Waals surface area (Å²) in [5.41, 5.74) is 1.38. The van der Waals surface area contributed by atoms with Crippen LogP contribution < -0.4 is 0 Å². The Morgan fingerprint density at radius 3 is 2.53 bits per heavy atom. The molecule has 1 unspecified atom stereocenters. The fourth-order valence-corrected chi connectivity index (χ4v) is 4.56. The van der Waals surface area contributed by atoms with Gasteiger partial charge in [-0.25, -0.2) is 4.98 Å². The molecule has 0 amide bonds. The fraction of sp³-hybridized carbons (Fsp3) is 0.654. The first-order valence-corrected chi connectivity index (χ1v) is 12.6. The van der Waals surface area contributed by atoms with Crippen LogP contribution in [0.15, 0.2) is 22.6 Å². The molecule has 5 atom stereocenters. The molecule has 190 valence electrons. The van der Waals surface area contributed by atoms with E-state index in [0.29, 0.717) is 19.6 Å². The predicted octanol–water partition coefficient (Wildman–Crippen LogP) is 4.11. The van der Waals surface area contributed by atoms with E-state index < -0.39 is 35.6 Å². The highest BCUT2D eigenvalue weighted by Crippen LogP contribution is 2.31. The number of hydrogen-bond donors (Lipinski definition) is 2. The van der Waals surface area contributed by atoms with Crippen LogP contribution in [0.3, 0.4) is 0 Å². The van der Waals surface area contributed by atoms with Gasteiger partial charge >= 0.3 is 5.97 Å². The van der Waals surface area contributed by atoms with Crippen LogP contribution in [-0.4, -0.2) is 58.5 Å². The number of cyclic esters (lactones) is 1. The molecule has 1 aliphatic heterocycles. The Hall–Kier alpha value is -1.87. The molecule has 1 aromatic heterocycles. The van der Waals surface area contributed by atoms with Gasteiger partial charge in [-0.15, -0.1) is 11.3 Å². The molecule has 1 aliphatic rings. The summed E-state index contributed by atoms with van der Waals surface area (Å²) >= 11 is 1.55. The number of carbonyl (C=O) groups is 2. The van der Waals surface area contributed by atoms with Crippen molar-refractivity contribution in [2.24, 2.45) is 17.3 Å². The Balaban J connectivity index is 2.33. The molecule has 2 rings (SSSR count). The van der Waals surface area contributed by atoms with E-state index in [-0.39, 0.29) is 18.1 Å². The lowest BCUT2D eigenvalue weighted by Crippen LogP contribution is -2.46. The quantitative estimate of drug-likeness (QED) is 0.472. The minimum Gasteiger partial charge on any atom is -0.457 e. The van der Waals surface area contributed by atoms with Gasteiger partial charge in [-0.2, -0.15) is 0 Å². The molecule has 2 N–H and O–H groups in total. The maximum absolute atomic E-state index is 13.1. The highest BCUT2D eigenvalue weighted by molar-refractivity contribution is 7.09. The smallest absolute Gasteiger partial charge is 0.309 e. The van der Waals surface area contributed by atoms with E-state index >= 15 is 0 Å². The van der Waals surface area contributed by atoms with Crippen LogP contribution in [0.2, 0.25) is 0 Å². The van der Waals surface area contributed by atoms with Crippen molar-refractivity contribution in [2.75, 3.05) is 13.2 Å². The second-order valence-electron chi connectivity index (χ2n) is 10.0. The van der Waals surface area contributed by atoms with Crippen molar-refractivity contribution >= 4 is 29.2 Å². The third-order valence-electron chi connectivity index (χ3n) is 6.52. The van der Waals surface area contributed by atoms with Gasteiger partial charge in [-0.1, -0.05) is 39.3 Å². The molecule has 34 heavy (non-hydrogen) atoms. The van der Waals surface area contributed by atoms with Crippen molar-refractivity contribution in [3.05, 3.63) is 33.3 Å². The lowest BCUT2D eigenvalue weighted by atomic mass is 9.73. The minimum atomic E-state index is -1.25. The van der Waals surface area contributed by atoms with Crippen LogP contribution in [-0.2, 0) is 19.1 Å². The first-order chi connectivity index (χ1) is 15.8. The van der Waals surface area contributed by atoms with Gasteiger partial charge in [0.25, 0.3) is 0 Å². The first kappa shape index (κ1) is 28.4. The van der Waals surface area contributed by atoms with E-state index in [1.54, 1.807) is 32.1 Å². The zero-order valence-corrected chi connectivity index (χ0v) is 22.1. The van der Waals surface area contributed by atoms with Gasteiger partial charge in [-0.05, 0) is 32.4 Å². The summed E-state index contributed by atoms with van der Waals surface area (Å²) in [6.07, 6.45) is 1.29. The number of aliphatic hydroxyl groups excluding tert-OH is 2. The minimum absolute atomic E-state index is 0.267. The highest BCUT2D eigenvalue weighted by atomic mass is 32.1. The average Bonchev–Trinajstić information content (AvgIpc) is 3.18. The Morgan fingerprint density at radius 1 is 1.24 bits per heavy atom. The summed E-state index contributed by atoms with van der Waals surface area (Å²) in [6, 6.07) is 0. The second kappa shape index (κ2) is 12.2. The van der Waals surface area contributed by atoms with Crippen LogP contribution in [0.5, 0.6) is 0 Å². The largest absolute Gasteiger partial charge is 0.457 e. The number of aliphatic hydroxyl groups is 2. The predicted molar refractivity (Wildman–Crippen MR) is 133 cm³/mol. The number of thiazole rings is 1. The van der Waals surface area contributed by atoms with Gasteiger partial charge in [0.15, 0.2) is 0 Å². The molecule has 0 aromatic carbocycles. The molecule has 0 aliphatic carbocycles. The van der Waals surface area contributed by atoms with Gasteiger partial charge in [0.05, 0.1) is 48.0 Å². The molecule has 0 radical (unpaired) electrons. The fourth-order valence-electron chi connectivity index (χ4n) is 3.99. The number of Topliss-reactive ketones (excluding diaryl/α,β-unsaturated/α-hetero) is 1. The van der Waals surface area contributed by atoms with Crippen molar-refractivity contribution in [2.45, 2.75) is 79.6 Å². The van der Waals surface area contributed by atoms with Crippen LogP contribution in [0, 0.1) is 24.2 Å². The molecule has 0 saturated heterocycles. The van der Waals surface area contributed by atoms with Crippen molar-refractivity contribution in [3.63, 3.8) is 0 Å². The van der Waals surface area contributed by atoms with Crippen LogP contribution in [0.25, 0.3) is 6.08 Å². The Kier molecular flexibility index (Phi) is 10.2. The van der Waals surface area contributed by atoms with Crippen molar-refractivity contribution in [1.82, 2.24) is 4.98 Å². The molecule has 0 saturated carbocycles. The molecule has 0 fully saturated rings. The molecule has 2 heterocycles. The highest BCUT2D eigenvalue weighted by Gasteiger charge is 2.42. The van der Waals surface area contributed by atoms with Crippen LogP contribution in [0.1, 0.15) is 65.1 Å². The molecular weight excluding hydrogens is 454 g/mol. The van der Waals surface area contributed by atoms with Crippen molar-refractivity contribution in [1.29, 1.82) is 0 Å². The summed E-state index contributed by atoms with van der Waals surface area (Å²) in [5.74, 6) is -1.88. The van der Waals surface area contributed by atoms with Gasteiger partial charge < -0.3 is 19.7 Å². The summed E-state index contributed by atoms with van der Waals surface area (Å²) in [7, 11) is 0. The maximum atomic E-state index is 13.1. The van der Waals surface area contributed by atoms with E-state index in [1.807, 2.05) is 45.2 Å². The number of carbonyl (C=O) groups excluding carboxylic acids is 2. The molecule has 8 heteroatoms. The molecular formula is C26H39NO6S. The topological polar surface area (TPSA) is 106 Å². The third kappa shape index (κ3) is 7.57. The zero-order chi connectivity index (χ0) is 25.6. The van der Waals surface area contributed by atoms with Crippen LogP contribution in [0.4, 0.5) is 0 Å². The summed E-state index contributed by atoms with van der Waals surface area (Å²) in [4.78, 5) is 30.4. The van der Waals surface area contributed by atoms with Gasteiger partial charge in [0.1, 0.15) is 11.9 Å². The van der Waals surface area contributed by atoms with E-state index in [0.717, 1.165) is 21.8 Å². The summed E-state index contributed by atoms with van der Waals surface area (Å²) in [5, 5.41) is 24.4. The van der Waals surface area contributed by atoms with Crippen molar-refractivity contribution in [3.8, 4) is 0 Å². The van der Waals surface area contributed by atoms with Gasteiger partial charge in [0.2, 0.25) is 0 Å². The van der Waals surface area contributed by atoms with Crippen LogP contribution >= 0.6 is 11.3 Å². The monoisotopic (exact) mass is 493 g/mol. The lowest BCUT2D eigenvalue weighted by molar-refractivity contribution is -0.154. The molecule has 0 spiro atoms. The molecule has 0 bridgehead atoms. The number of aryl methyl sites for hydroxylation is 1. The Morgan fingerprint density at radius 2 is 1.91 bits per heavy atom. The number of hydrogen-bond acceptors (Lipinski definition) is 8. The van der Waals surface area contributed by atoms with E-state index in [9.17, 15) is 19.8 Å². The molecule has 1 aromatic rings. The number of nitrogens with zero attached hydrogens (tertiary/aromatic N) is 1. The third-order valence-corrected chi connectivity index (χ3v) is 7.31. The van der Waals surface area contributed by atoms with E-state index in [4.69, 9.17) is 9.47 Å². The number of ether oxygens (including phenoxy) is 2. The SMILES string of the molecule is C/C1=C/CC(/C(C)=C/c2csc(C)n2)OC(=O)C[C@H](O)C(C)(C)C(=O)[C@H](C)[C@@H](O)[C@@H](C)COC1. The first-order valence-electron chi connectivity index (χ1n) is 11.8. The van der Waals surface area contributed by atoms with E-state index in [2.05, 4.69) is 4.98 Å². The summed E-state index contributed by atoms with van der Waals surface area (Å²) in [6.45, 7) is 13.1. The average molecular weight is 494 g/mol. The number of aromatic nitrogens is 1. The Bertz CT molecular complexity index is 918. The molecule has 7 nitrogen and oxygen atoms in total. The number of ketones is 1. The Labute approximate surface area is 206 Å². The second-order valence-corrected chi connectivity index (χ2v) is 11.1. The summed E-state index contributed by atoms with van der Waals surface area (Å²) < 4.78 is 11.5. The normalized spacial score (nSPS) is 32.1. The van der Waals surface area contributed by atoms with Crippen molar-refractivity contribution < 1.29 is 29.3 Å². The lowest BCUT2D eigenvalue weighted by Gasteiger charge is -2.34. The van der Waals surface area contributed by atoms with E-state index in [1.165, 1.54) is 0 Å². The standard InChI is InChI=1S/C26H39NO6S/c1-15-8-9-21(16(2)10-20-14-34-19(5)27-20)33-23(29)11-22(28)26(6,7)25(31)18(4)24(30)17(3)13-32-12-15/h8,10,14,17-18,21-22,24,28,30H,9,11-13H2,1-7H3/b15-8-,16-10+/t17-,18+,21?,22-,24-/m0/s1. The number of rotatable bonds is 2. The zero-order valence-electron chi connectivity index (χ0n) is 21.3. The maximum Gasteiger partial charge on any atom is 0.309 e.